The van der Waals surface area contributed by atoms with Gasteiger partial charge in [-0.15, -0.1) is 0 Å². The van der Waals surface area contributed by atoms with Crippen LogP contribution in [-0.4, -0.2) is 73.2 Å². The number of amides is 3. The Balaban J connectivity index is 0.00000113. The zero-order valence-corrected chi connectivity index (χ0v) is 24.7. The Kier molecular flexibility index (Phi) is 14.8. The lowest BCUT2D eigenvalue weighted by atomic mass is 9.96. The number of nitrogens with zero attached hydrogens (tertiary/aromatic N) is 3. The lowest BCUT2D eigenvalue weighted by molar-refractivity contribution is -0.139. The molecule has 2 atom stereocenters. The molecule has 1 aromatic rings. The Hall–Kier alpha value is -3.67. The number of hydrogen-bond acceptors (Lipinski definition) is 7. The van der Waals surface area contributed by atoms with Crippen molar-refractivity contribution in [1.29, 1.82) is 5.53 Å². The van der Waals surface area contributed by atoms with Crippen LogP contribution in [-0.2, 0) is 20.9 Å². The number of carbonyl (C=O) groups excluding carboxylic acids is 3. The molecule has 2 fully saturated rings. The summed E-state index contributed by atoms with van der Waals surface area (Å²) in [5.74, 6) is 0.0160. The van der Waals surface area contributed by atoms with Crippen molar-refractivity contribution in [2.45, 2.75) is 70.9 Å². The minimum absolute atomic E-state index is 0.0776. The molecule has 232 valence electrons. The molecule has 0 saturated carbocycles. The SMILES string of the molecule is C=C/C(=C\C)C[C@@H]1C[C@@H](C(=O)NCc2ccc(NC)c(N=N)c2)N(C(=O)CCCC(=O)N2CCCC2)C1.NCC(F)F. The quantitative estimate of drug-likeness (QED) is 0.194. The molecule has 10 nitrogen and oxygen atoms in total. The van der Waals surface area contributed by atoms with Gasteiger partial charge >= 0.3 is 0 Å². The highest BCUT2D eigenvalue weighted by atomic mass is 19.3. The van der Waals surface area contributed by atoms with Crippen LogP contribution in [0.3, 0.4) is 0 Å². The molecule has 0 radical (unpaired) electrons. The van der Waals surface area contributed by atoms with Gasteiger partial charge < -0.3 is 26.2 Å². The van der Waals surface area contributed by atoms with E-state index in [1.165, 1.54) is 0 Å². The first-order valence-electron chi connectivity index (χ1n) is 14.5. The van der Waals surface area contributed by atoms with E-state index in [0.29, 0.717) is 31.5 Å². The lowest BCUT2D eigenvalue weighted by Crippen LogP contribution is -2.45. The molecular weight excluding hydrogens is 544 g/mol. The zero-order chi connectivity index (χ0) is 31.1. The summed E-state index contributed by atoms with van der Waals surface area (Å²) in [6.07, 6.45) is 6.07. The van der Waals surface area contributed by atoms with Crippen molar-refractivity contribution < 1.29 is 23.2 Å². The van der Waals surface area contributed by atoms with E-state index in [-0.39, 0.29) is 36.6 Å². The van der Waals surface area contributed by atoms with Gasteiger partial charge in [0, 0.05) is 46.1 Å². The number of nitrogens with two attached hydrogens (primary N) is 1. The van der Waals surface area contributed by atoms with E-state index in [2.05, 4.69) is 28.1 Å². The van der Waals surface area contributed by atoms with Crippen LogP contribution in [0.1, 0.15) is 57.4 Å². The summed E-state index contributed by atoms with van der Waals surface area (Å²) in [6.45, 7) is 7.74. The molecule has 12 heteroatoms. The molecule has 1 aromatic carbocycles. The van der Waals surface area contributed by atoms with Gasteiger partial charge in [-0.3, -0.25) is 14.4 Å². The van der Waals surface area contributed by atoms with Crippen molar-refractivity contribution in [3.8, 4) is 0 Å². The summed E-state index contributed by atoms with van der Waals surface area (Å²) in [7, 11) is 1.77. The molecule has 0 aliphatic carbocycles. The molecule has 2 saturated heterocycles. The third-order valence-corrected chi connectivity index (χ3v) is 7.50. The largest absolute Gasteiger partial charge is 0.386 e. The van der Waals surface area contributed by atoms with E-state index >= 15 is 0 Å². The third kappa shape index (κ3) is 10.6. The number of benzene rings is 1. The van der Waals surface area contributed by atoms with Gasteiger partial charge in [-0.2, -0.15) is 5.11 Å². The van der Waals surface area contributed by atoms with E-state index in [0.717, 1.165) is 49.2 Å². The number of anilines is 1. The Bertz CT molecular complexity index is 1110. The van der Waals surface area contributed by atoms with E-state index in [1.807, 2.05) is 36.1 Å². The van der Waals surface area contributed by atoms with Crippen molar-refractivity contribution in [2.75, 3.05) is 38.5 Å². The number of alkyl halides is 2. The monoisotopic (exact) mass is 589 g/mol. The minimum atomic E-state index is -2.34. The van der Waals surface area contributed by atoms with Gasteiger partial charge in [0.05, 0.1) is 12.2 Å². The molecule has 3 rings (SSSR count). The fourth-order valence-corrected chi connectivity index (χ4v) is 5.20. The highest BCUT2D eigenvalue weighted by molar-refractivity contribution is 5.88. The summed E-state index contributed by atoms with van der Waals surface area (Å²) in [5, 5.41) is 9.51. The average molecular weight is 590 g/mol. The number of halogens is 2. The first-order valence-corrected chi connectivity index (χ1v) is 14.5. The number of hydrogen-bond donors (Lipinski definition) is 4. The second-order valence-electron chi connectivity index (χ2n) is 10.4. The molecule has 3 amide bonds. The predicted octanol–water partition coefficient (Wildman–Crippen LogP) is 4.75. The van der Waals surface area contributed by atoms with Crippen LogP contribution in [0, 0.1) is 11.4 Å². The van der Waals surface area contributed by atoms with E-state index in [1.54, 1.807) is 18.0 Å². The topological polar surface area (TPSA) is 144 Å². The number of rotatable bonds is 13. The van der Waals surface area contributed by atoms with Crippen LogP contribution in [0.5, 0.6) is 0 Å². The second-order valence-corrected chi connectivity index (χ2v) is 10.4. The number of likely N-dealkylation sites (tertiary alicyclic amines) is 2. The minimum Gasteiger partial charge on any atom is -0.386 e. The Labute approximate surface area is 247 Å². The molecule has 42 heavy (non-hydrogen) atoms. The van der Waals surface area contributed by atoms with Crippen molar-refractivity contribution in [2.24, 2.45) is 16.8 Å². The van der Waals surface area contributed by atoms with Crippen LogP contribution in [0.25, 0.3) is 0 Å². The summed E-state index contributed by atoms with van der Waals surface area (Å²) < 4.78 is 21.3. The summed E-state index contributed by atoms with van der Waals surface area (Å²) in [5.41, 5.74) is 15.0. The molecular formula is C30H45F2N7O3. The Morgan fingerprint density at radius 2 is 1.88 bits per heavy atom. The molecule has 2 aliphatic rings. The van der Waals surface area contributed by atoms with Gasteiger partial charge in [0.2, 0.25) is 17.7 Å². The second kappa shape index (κ2) is 18.0. The van der Waals surface area contributed by atoms with Gasteiger partial charge in [-0.1, -0.05) is 30.4 Å². The molecule has 0 spiro atoms. The summed E-state index contributed by atoms with van der Waals surface area (Å²) in [6, 6.07) is 4.92. The van der Waals surface area contributed by atoms with Gasteiger partial charge in [0.25, 0.3) is 6.43 Å². The van der Waals surface area contributed by atoms with Gasteiger partial charge in [0.15, 0.2) is 0 Å². The standard InChI is InChI=1S/C28H40N6O3.C2H5F2N/c1-4-20(5-2)15-22-17-25(28(37)31-18-21-11-12-23(30-3)24(16-21)32-29)34(19-22)27(36)10-8-9-26(35)33-13-6-7-14-33;3-2(4)1-5/h4-5,11-12,16,22,25,29-30H,1,6-10,13-15,17-19H2,2-3H3,(H,31,37);2H,1,5H2/b20-5+,32-29?;/t22-,25+;/m1./s1. The normalized spacial score (nSPS) is 18.4. The number of nitrogens with one attached hydrogen (secondary N) is 3. The van der Waals surface area contributed by atoms with E-state index < -0.39 is 19.0 Å². The summed E-state index contributed by atoms with van der Waals surface area (Å²) in [4.78, 5) is 42.4. The molecule has 2 heterocycles. The van der Waals surface area contributed by atoms with Crippen LogP contribution in [0.2, 0.25) is 0 Å². The molecule has 0 unspecified atom stereocenters. The predicted molar refractivity (Wildman–Crippen MR) is 160 cm³/mol. The Morgan fingerprint density at radius 1 is 1.21 bits per heavy atom. The van der Waals surface area contributed by atoms with Crippen LogP contribution in [0.15, 0.2) is 47.6 Å². The smallest absolute Gasteiger partial charge is 0.250 e. The maximum absolute atomic E-state index is 13.3. The fraction of sp³-hybridized carbons (Fsp3) is 0.567. The number of allylic oxidation sites excluding steroid dienone is 3. The van der Waals surface area contributed by atoms with Crippen LogP contribution in [0.4, 0.5) is 20.2 Å². The van der Waals surface area contributed by atoms with E-state index in [9.17, 15) is 23.2 Å². The van der Waals surface area contributed by atoms with Crippen molar-refractivity contribution >= 4 is 29.1 Å². The van der Waals surface area contributed by atoms with Gasteiger partial charge in [0.1, 0.15) is 11.7 Å². The van der Waals surface area contributed by atoms with Crippen molar-refractivity contribution in [3.63, 3.8) is 0 Å². The molecule has 5 N–H and O–H groups in total. The maximum Gasteiger partial charge on any atom is 0.250 e. The van der Waals surface area contributed by atoms with Gasteiger partial charge in [-0.25, -0.2) is 14.3 Å². The first-order chi connectivity index (χ1) is 20.2. The van der Waals surface area contributed by atoms with Crippen LogP contribution >= 0.6 is 0 Å². The first kappa shape index (κ1) is 34.5. The van der Waals surface area contributed by atoms with Crippen molar-refractivity contribution in [3.05, 3.63) is 48.1 Å². The van der Waals surface area contributed by atoms with Crippen LogP contribution < -0.4 is 16.4 Å². The van der Waals surface area contributed by atoms with E-state index in [4.69, 9.17) is 5.53 Å². The molecule has 0 aromatic heterocycles. The summed E-state index contributed by atoms with van der Waals surface area (Å²) >= 11 is 0. The highest BCUT2D eigenvalue weighted by Crippen LogP contribution is 2.30. The third-order valence-electron chi connectivity index (χ3n) is 7.50. The average Bonchev–Trinajstić information content (AvgIpc) is 3.69. The lowest BCUT2D eigenvalue weighted by Gasteiger charge is -2.24. The highest BCUT2D eigenvalue weighted by Gasteiger charge is 2.39. The zero-order valence-electron chi connectivity index (χ0n) is 24.7. The molecule has 2 aliphatic heterocycles. The fourth-order valence-electron chi connectivity index (χ4n) is 5.20. The molecule has 0 bridgehead atoms. The number of carbonyl (C=O) groups is 3. The Morgan fingerprint density at radius 3 is 2.45 bits per heavy atom. The van der Waals surface area contributed by atoms with Crippen molar-refractivity contribution in [1.82, 2.24) is 15.1 Å². The van der Waals surface area contributed by atoms with Gasteiger partial charge in [-0.05, 0) is 62.6 Å². The maximum atomic E-state index is 13.3.